The normalized spacial score (nSPS) is 11.4. The van der Waals surface area contributed by atoms with Gasteiger partial charge in [-0.1, -0.05) is 47.6 Å². The van der Waals surface area contributed by atoms with E-state index in [1.807, 2.05) is 50.2 Å². The molecule has 0 aliphatic heterocycles. The van der Waals surface area contributed by atoms with Crippen LogP contribution in [0, 0.1) is 13.8 Å². The van der Waals surface area contributed by atoms with Gasteiger partial charge in [-0.05, 0) is 67.4 Å². The van der Waals surface area contributed by atoms with E-state index in [1.54, 1.807) is 28.8 Å². The second kappa shape index (κ2) is 8.54. The maximum atomic E-state index is 13.7. The standard InChI is InChI=1S/C26H20ClN3O2S/c1-15-11-16(2)13-19(12-15)30-25(32)24-23(20-5-3-4-6-21(20)28-24)29-26(30)33-14-22(31)17-7-9-18(27)10-8-17/h3-13,28H,14H2,1-2H3. The van der Waals surface area contributed by atoms with Gasteiger partial charge in [-0.25, -0.2) is 4.98 Å². The zero-order valence-corrected chi connectivity index (χ0v) is 19.6. The van der Waals surface area contributed by atoms with Gasteiger partial charge in [0.2, 0.25) is 0 Å². The van der Waals surface area contributed by atoms with Gasteiger partial charge in [0.25, 0.3) is 5.56 Å². The summed E-state index contributed by atoms with van der Waals surface area (Å²) < 4.78 is 1.59. The molecule has 0 spiro atoms. The molecule has 0 atom stereocenters. The summed E-state index contributed by atoms with van der Waals surface area (Å²) in [4.78, 5) is 34.6. The fourth-order valence-electron chi connectivity index (χ4n) is 4.00. The fraction of sp³-hybridized carbons (Fsp3) is 0.115. The van der Waals surface area contributed by atoms with E-state index in [2.05, 4.69) is 11.1 Å². The molecule has 5 aromatic rings. The summed E-state index contributed by atoms with van der Waals surface area (Å²) in [5, 5.41) is 1.93. The van der Waals surface area contributed by atoms with E-state index in [4.69, 9.17) is 16.6 Å². The molecular weight excluding hydrogens is 454 g/mol. The fourth-order valence-corrected chi connectivity index (χ4v) is 5.02. The van der Waals surface area contributed by atoms with Crippen molar-refractivity contribution in [3.05, 3.63) is 98.8 Å². The molecule has 0 radical (unpaired) electrons. The second-order valence-corrected chi connectivity index (χ2v) is 9.37. The minimum atomic E-state index is -0.192. The van der Waals surface area contributed by atoms with Crippen molar-refractivity contribution in [2.45, 2.75) is 19.0 Å². The number of carbonyl (C=O) groups excluding carboxylic acids is 1. The minimum Gasteiger partial charge on any atom is -0.349 e. The Morgan fingerprint density at radius 3 is 2.45 bits per heavy atom. The Balaban J connectivity index is 1.66. The van der Waals surface area contributed by atoms with E-state index in [9.17, 15) is 9.59 Å². The van der Waals surface area contributed by atoms with Crippen molar-refractivity contribution in [2.24, 2.45) is 0 Å². The first-order valence-corrected chi connectivity index (χ1v) is 11.8. The number of H-pyrrole nitrogens is 1. The van der Waals surface area contributed by atoms with Crippen molar-refractivity contribution < 1.29 is 4.79 Å². The van der Waals surface area contributed by atoms with E-state index in [0.717, 1.165) is 27.7 Å². The number of fused-ring (bicyclic) bond motifs is 3. The average Bonchev–Trinajstić information content (AvgIpc) is 3.16. The van der Waals surface area contributed by atoms with Gasteiger partial charge in [0.05, 0.1) is 11.4 Å². The van der Waals surface area contributed by atoms with Crippen molar-refractivity contribution in [1.82, 2.24) is 14.5 Å². The number of benzene rings is 3. The molecule has 0 aliphatic rings. The highest BCUT2D eigenvalue weighted by Crippen LogP contribution is 2.27. The summed E-state index contributed by atoms with van der Waals surface area (Å²) in [6.45, 7) is 3.99. The first-order chi connectivity index (χ1) is 15.9. The lowest BCUT2D eigenvalue weighted by Gasteiger charge is -2.13. The van der Waals surface area contributed by atoms with Crippen LogP contribution in [0.2, 0.25) is 5.02 Å². The number of Topliss-reactive ketones (excluding diaryl/α,β-unsaturated/α-hetero) is 1. The van der Waals surface area contributed by atoms with Crippen LogP contribution in [0.1, 0.15) is 21.5 Å². The van der Waals surface area contributed by atoms with E-state index in [0.29, 0.717) is 26.8 Å². The Kier molecular flexibility index (Phi) is 5.56. The molecule has 0 unspecified atom stereocenters. The SMILES string of the molecule is Cc1cc(C)cc(-n2c(SCC(=O)c3ccc(Cl)cc3)nc3c([nH]c4ccccc43)c2=O)c1. The van der Waals surface area contributed by atoms with Crippen molar-refractivity contribution in [2.75, 3.05) is 5.75 Å². The van der Waals surface area contributed by atoms with E-state index in [1.165, 1.54) is 11.8 Å². The monoisotopic (exact) mass is 473 g/mol. The molecule has 0 aliphatic carbocycles. The smallest absolute Gasteiger partial charge is 0.283 e. The van der Waals surface area contributed by atoms with Crippen LogP contribution < -0.4 is 5.56 Å². The zero-order valence-electron chi connectivity index (χ0n) is 18.1. The molecule has 1 N–H and O–H groups in total. The highest BCUT2D eigenvalue weighted by Gasteiger charge is 2.19. The number of hydrogen-bond donors (Lipinski definition) is 1. The number of aryl methyl sites for hydroxylation is 2. The largest absolute Gasteiger partial charge is 0.349 e. The highest BCUT2D eigenvalue weighted by molar-refractivity contribution is 7.99. The predicted octanol–water partition coefficient (Wildman–Crippen LogP) is 6.11. The Morgan fingerprint density at radius 2 is 1.73 bits per heavy atom. The summed E-state index contributed by atoms with van der Waals surface area (Å²) in [7, 11) is 0. The number of thioether (sulfide) groups is 1. The number of nitrogens with one attached hydrogen (secondary N) is 1. The highest BCUT2D eigenvalue weighted by atomic mass is 35.5. The van der Waals surface area contributed by atoms with E-state index >= 15 is 0 Å². The van der Waals surface area contributed by atoms with Crippen LogP contribution in [-0.2, 0) is 0 Å². The van der Waals surface area contributed by atoms with Gasteiger partial charge in [-0.15, -0.1) is 0 Å². The molecule has 164 valence electrons. The van der Waals surface area contributed by atoms with Gasteiger partial charge in [-0.3, -0.25) is 14.2 Å². The molecule has 0 bridgehead atoms. The van der Waals surface area contributed by atoms with Crippen molar-refractivity contribution in [3.63, 3.8) is 0 Å². The molecule has 2 aromatic heterocycles. The van der Waals surface area contributed by atoms with Gasteiger partial charge < -0.3 is 4.98 Å². The van der Waals surface area contributed by atoms with Crippen LogP contribution in [0.25, 0.3) is 27.6 Å². The Morgan fingerprint density at radius 1 is 1.03 bits per heavy atom. The maximum absolute atomic E-state index is 13.7. The van der Waals surface area contributed by atoms with Gasteiger partial charge in [-0.2, -0.15) is 0 Å². The van der Waals surface area contributed by atoms with Gasteiger partial charge >= 0.3 is 0 Å². The third-order valence-electron chi connectivity index (χ3n) is 5.46. The predicted molar refractivity (Wildman–Crippen MR) is 135 cm³/mol. The van der Waals surface area contributed by atoms with Crippen LogP contribution in [-0.4, -0.2) is 26.1 Å². The zero-order chi connectivity index (χ0) is 23.1. The topological polar surface area (TPSA) is 67.8 Å². The van der Waals surface area contributed by atoms with Gasteiger partial charge in [0.15, 0.2) is 10.9 Å². The first-order valence-electron chi connectivity index (χ1n) is 10.4. The number of rotatable bonds is 5. The molecule has 3 aromatic carbocycles. The van der Waals surface area contributed by atoms with Crippen LogP contribution in [0.3, 0.4) is 0 Å². The summed E-state index contributed by atoms with van der Waals surface area (Å²) in [6, 6.07) is 20.5. The molecule has 2 heterocycles. The number of ketones is 1. The Labute approximate surface area is 199 Å². The van der Waals surface area contributed by atoms with Gasteiger partial charge in [0.1, 0.15) is 11.0 Å². The lowest BCUT2D eigenvalue weighted by molar-refractivity contribution is 0.102. The van der Waals surface area contributed by atoms with Crippen LogP contribution in [0.5, 0.6) is 0 Å². The lowest BCUT2D eigenvalue weighted by atomic mass is 10.1. The summed E-state index contributed by atoms with van der Waals surface area (Å²) in [5.41, 5.74) is 5.10. The van der Waals surface area contributed by atoms with E-state index in [-0.39, 0.29) is 17.1 Å². The van der Waals surface area contributed by atoms with Crippen LogP contribution in [0.15, 0.2) is 76.7 Å². The molecule has 0 amide bonds. The van der Waals surface area contributed by atoms with E-state index < -0.39 is 0 Å². The van der Waals surface area contributed by atoms with Crippen LogP contribution in [0.4, 0.5) is 0 Å². The number of hydrogen-bond acceptors (Lipinski definition) is 4. The molecule has 33 heavy (non-hydrogen) atoms. The Hall–Kier alpha value is -3.35. The summed E-state index contributed by atoms with van der Waals surface area (Å²) in [6.07, 6.45) is 0. The number of aromatic nitrogens is 3. The van der Waals surface area contributed by atoms with Crippen molar-refractivity contribution >= 4 is 51.1 Å². The van der Waals surface area contributed by atoms with Crippen molar-refractivity contribution in [3.8, 4) is 5.69 Å². The molecule has 5 rings (SSSR count). The van der Waals surface area contributed by atoms with Crippen LogP contribution >= 0.6 is 23.4 Å². The molecular formula is C26H20ClN3O2S. The molecule has 0 saturated carbocycles. The van der Waals surface area contributed by atoms with Gasteiger partial charge in [0, 0.05) is 21.5 Å². The Bertz CT molecular complexity index is 1570. The van der Waals surface area contributed by atoms with Crippen molar-refractivity contribution in [1.29, 1.82) is 0 Å². The number of carbonyl (C=O) groups is 1. The molecule has 5 nitrogen and oxygen atoms in total. The minimum absolute atomic E-state index is 0.0584. The first kappa shape index (κ1) is 21.5. The third-order valence-corrected chi connectivity index (χ3v) is 6.65. The lowest BCUT2D eigenvalue weighted by Crippen LogP contribution is -2.22. The number of aromatic amines is 1. The molecule has 0 fully saturated rings. The number of para-hydroxylation sites is 1. The molecule has 0 saturated heterocycles. The number of nitrogens with zero attached hydrogens (tertiary/aromatic N) is 2. The summed E-state index contributed by atoms with van der Waals surface area (Å²) in [5.74, 6) is 0.0872. The molecule has 7 heteroatoms. The average molecular weight is 474 g/mol. The summed E-state index contributed by atoms with van der Waals surface area (Å²) >= 11 is 7.20. The number of halogens is 1. The maximum Gasteiger partial charge on any atom is 0.283 e. The second-order valence-electron chi connectivity index (χ2n) is 7.99. The third kappa shape index (κ3) is 4.08. The quantitative estimate of drug-likeness (QED) is 0.190.